The van der Waals surface area contributed by atoms with E-state index in [2.05, 4.69) is 4.74 Å². The Labute approximate surface area is 154 Å². The Bertz CT molecular complexity index is 1210. The largest absolute Gasteiger partial charge is 0.468 e. The average Bonchev–Trinajstić information content (AvgIpc) is 3.23. The number of ether oxygens (including phenoxy) is 1. The van der Waals surface area contributed by atoms with Gasteiger partial charge in [-0.3, -0.25) is 13.7 Å². The second-order valence-corrected chi connectivity index (χ2v) is 7.98. The molecule has 0 saturated carbocycles. The number of fused-ring (bicyclic) bond motifs is 2. The third kappa shape index (κ3) is 2.80. The summed E-state index contributed by atoms with van der Waals surface area (Å²) < 4.78 is 38.3. The van der Waals surface area contributed by atoms with Crippen molar-refractivity contribution in [2.45, 2.75) is 17.9 Å². The molecule has 0 amide bonds. The first-order valence-electron chi connectivity index (χ1n) is 8.22. The van der Waals surface area contributed by atoms with Crippen molar-refractivity contribution in [1.82, 2.24) is 4.57 Å². The molecule has 0 radical (unpaired) electrons. The van der Waals surface area contributed by atoms with Crippen LogP contribution in [0.4, 0.5) is 5.69 Å². The highest BCUT2D eigenvalue weighted by Gasteiger charge is 2.31. The molecular formula is C18H16N2O6S. The van der Waals surface area contributed by atoms with Crippen molar-refractivity contribution < 1.29 is 22.4 Å². The number of esters is 1. The number of rotatable bonds is 4. The fourth-order valence-corrected chi connectivity index (χ4v) is 4.75. The number of hydrogen-bond donors (Lipinski definition) is 0. The van der Waals surface area contributed by atoms with E-state index in [1.807, 2.05) is 12.1 Å². The highest BCUT2D eigenvalue weighted by Crippen LogP contribution is 2.33. The van der Waals surface area contributed by atoms with Crippen LogP contribution < -0.4 is 10.1 Å². The molecule has 0 N–H and O–H groups in total. The van der Waals surface area contributed by atoms with Crippen LogP contribution in [0.1, 0.15) is 5.56 Å². The van der Waals surface area contributed by atoms with Gasteiger partial charge in [0.1, 0.15) is 6.54 Å². The molecule has 9 heteroatoms. The van der Waals surface area contributed by atoms with Crippen LogP contribution in [0.2, 0.25) is 0 Å². The van der Waals surface area contributed by atoms with Crippen LogP contribution in [0.15, 0.2) is 56.6 Å². The normalized spacial score (nSPS) is 13.7. The summed E-state index contributed by atoms with van der Waals surface area (Å²) in [6.45, 7) is 0.0426. The molecule has 1 aliphatic heterocycles. The van der Waals surface area contributed by atoms with Gasteiger partial charge in [0.15, 0.2) is 5.58 Å². The highest BCUT2D eigenvalue weighted by molar-refractivity contribution is 7.92. The van der Waals surface area contributed by atoms with E-state index in [9.17, 15) is 18.0 Å². The van der Waals surface area contributed by atoms with Gasteiger partial charge in [0.25, 0.3) is 10.0 Å². The molecule has 2 heterocycles. The summed E-state index contributed by atoms with van der Waals surface area (Å²) >= 11 is 0. The molecular weight excluding hydrogens is 372 g/mol. The molecule has 1 aliphatic rings. The second kappa shape index (κ2) is 6.27. The van der Waals surface area contributed by atoms with E-state index in [1.165, 1.54) is 29.6 Å². The van der Waals surface area contributed by atoms with Crippen LogP contribution in [0.3, 0.4) is 0 Å². The number of aromatic nitrogens is 1. The van der Waals surface area contributed by atoms with Gasteiger partial charge >= 0.3 is 11.7 Å². The van der Waals surface area contributed by atoms with E-state index in [0.717, 1.165) is 10.1 Å². The number of anilines is 1. The summed E-state index contributed by atoms with van der Waals surface area (Å²) in [5.74, 6) is -1.36. The van der Waals surface area contributed by atoms with Crippen LogP contribution >= 0.6 is 0 Å². The first-order valence-corrected chi connectivity index (χ1v) is 9.66. The standard InChI is InChI=1S/C18H16N2O6S/c1-25-17(21)11-19-15-7-6-13(10-16(15)26-18(19)22)27(23,24)20-9-8-12-4-2-3-5-14(12)20/h2-7,10H,8-9,11H2,1H3. The summed E-state index contributed by atoms with van der Waals surface area (Å²) in [5, 5.41) is 0. The molecule has 140 valence electrons. The van der Waals surface area contributed by atoms with Crippen LogP contribution in [0, 0.1) is 0 Å². The number of oxazole rings is 1. The Morgan fingerprint density at radius 2 is 2.00 bits per heavy atom. The van der Waals surface area contributed by atoms with Gasteiger partial charge in [0, 0.05) is 12.6 Å². The van der Waals surface area contributed by atoms with Crippen LogP contribution in [0.5, 0.6) is 0 Å². The van der Waals surface area contributed by atoms with Crippen molar-refractivity contribution in [2.24, 2.45) is 0 Å². The monoisotopic (exact) mass is 388 g/mol. The van der Waals surface area contributed by atoms with Gasteiger partial charge in [-0.05, 0) is 30.2 Å². The zero-order valence-corrected chi connectivity index (χ0v) is 15.2. The zero-order valence-electron chi connectivity index (χ0n) is 14.4. The predicted molar refractivity (Wildman–Crippen MR) is 97.2 cm³/mol. The molecule has 27 heavy (non-hydrogen) atoms. The van der Waals surface area contributed by atoms with Crippen molar-refractivity contribution in [3.05, 3.63) is 58.6 Å². The van der Waals surface area contributed by atoms with E-state index >= 15 is 0 Å². The Kier molecular flexibility index (Phi) is 4.03. The van der Waals surface area contributed by atoms with Crippen LogP contribution in [-0.2, 0) is 32.5 Å². The zero-order chi connectivity index (χ0) is 19.2. The summed E-state index contributed by atoms with van der Waals surface area (Å²) in [7, 11) is -2.59. The third-order valence-corrected chi connectivity index (χ3v) is 6.40. The second-order valence-electron chi connectivity index (χ2n) is 6.12. The van der Waals surface area contributed by atoms with Crippen molar-refractivity contribution in [2.75, 3.05) is 18.0 Å². The molecule has 1 aromatic heterocycles. The van der Waals surface area contributed by atoms with E-state index < -0.39 is 21.7 Å². The molecule has 8 nitrogen and oxygen atoms in total. The average molecular weight is 388 g/mol. The Hall–Kier alpha value is -3.07. The fraction of sp³-hybridized carbons (Fsp3) is 0.222. The van der Waals surface area contributed by atoms with Crippen molar-refractivity contribution in [1.29, 1.82) is 0 Å². The van der Waals surface area contributed by atoms with Gasteiger partial charge in [0.2, 0.25) is 0 Å². The van der Waals surface area contributed by atoms with Gasteiger partial charge < -0.3 is 9.15 Å². The SMILES string of the molecule is COC(=O)Cn1c(=O)oc2cc(S(=O)(=O)N3CCc4ccccc43)ccc21. The van der Waals surface area contributed by atoms with Crippen molar-refractivity contribution in [3.8, 4) is 0 Å². The molecule has 0 spiro atoms. The first kappa shape index (κ1) is 17.3. The summed E-state index contributed by atoms with van der Waals surface area (Å²) in [5.41, 5.74) is 2.05. The summed E-state index contributed by atoms with van der Waals surface area (Å²) in [4.78, 5) is 23.5. The van der Waals surface area contributed by atoms with Crippen molar-refractivity contribution in [3.63, 3.8) is 0 Å². The number of hydrogen-bond acceptors (Lipinski definition) is 6. The number of para-hydroxylation sites is 1. The number of carbonyl (C=O) groups excluding carboxylic acids is 1. The maximum Gasteiger partial charge on any atom is 0.420 e. The van der Waals surface area contributed by atoms with Gasteiger partial charge in [-0.25, -0.2) is 13.2 Å². The summed E-state index contributed by atoms with van der Waals surface area (Å²) in [6.07, 6.45) is 0.641. The number of methoxy groups -OCH3 is 1. The van der Waals surface area contributed by atoms with E-state index in [0.29, 0.717) is 24.2 Å². The van der Waals surface area contributed by atoms with Crippen LogP contribution in [-0.4, -0.2) is 32.6 Å². The van der Waals surface area contributed by atoms with Crippen LogP contribution in [0.25, 0.3) is 11.1 Å². The number of sulfonamides is 1. The first-order chi connectivity index (χ1) is 12.9. The van der Waals surface area contributed by atoms with Crippen molar-refractivity contribution >= 4 is 32.8 Å². The molecule has 0 fully saturated rings. The topological polar surface area (TPSA) is 98.8 Å². The lowest BCUT2D eigenvalue weighted by Gasteiger charge is -2.19. The third-order valence-electron chi connectivity index (χ3n) is 4.59. The van der Waals surface area contributed by atoms with Gasteiger partial charge in [-0.2, -0.15) is 0 Å². The molecule has 0 unspecified atom stereocenters. The smallest absolute Gasteiger partial charge is 0.420 e. The molecule has 0 saturated heterocycles. The summed E-state index contributed by atoms with van der Waals surface area (Å²) in [6, 6.07) is 11.5. The minimum Gasteiger partial charge on any atom is -0.468 e. The Morgan fingerprint density at radius 1 is 1.22 bits per heavy atom. The fourth-order valence-electron chi connectivity index (χ4n) is 3.24. The molecule has 3 aromatic rings. The Balaban J connectivity index is 1.77. The molecule has 2 aromatic carbocycles. The van der Waals surface area contributed by atoms with E-state index in [1.54, 1.807) is 12.1 Å². The number of benzene rings is 2. The number of nitrogens with zero attached hydrogens (tertiary/aromatic N) is 2. The van der Waals surface area contributed by atoms with E-state index in [-0.39, 0.29) is 17.0 Å². The predicted octanol–water partition coefficient (Wildman–Crippen LogP) is 1.52. The van der Waals surface area contributed by atoms with Gasteiger partial charge in [-0.1, -0.05) is 18.2 Å². The molecule has 0 atom stereocenters. The van der Waals surface area contributed by atoms with E-state index in [4.69, 9.17) is 4.42 Å². The lowest BCUT2D eigenvalue weighted by Crippen LogP contribution is -2.29. The highest BCUT2D eigenvalue weighted by atomic mass is 32.2. The molecule has 0 aliphatic carbocycles. The lowest BCUT2D eigenvalue weighted by molar-refractivity contribution is -0.141. The maximum atomic E-state index is 13.1. The quantitative estimate of drug-likeness (QED) is 0.629. The Morgan fingerprint density at radius 3 is 2.78 bits per heavy atom. The lowest BCUT2D eigenvalue weighted by atomic mass is 10.2. The molecule has 0 bridgehead atoms. The number of carbonyl (C=O) groups is 1. The minimum atomic E-state index is -3.80. The maximum absolute atomic E-state index is 13.1. The molecule has 4 rings (SSSR count). The van der Waals surface area contributed by atoms with Gasteiger partial charge in [-0.15, -0.1) is 0 Å². The minimum absolute atomic E-state index is 0.0191. The van der Waals surface area contributed by atoms with Gasteiger partial charge in [0.05, 0.1) is 23.2 Å².